The van der Waals surface area contributed by atoms with Gasteiger partial charge in [-0.2, -0.15) is 0 Å². The van der Waals surface area contributed by atoms with Crippen molar-refractivity contribution < 1.29 is 16.0 Å². The molecule has 0 unspecified atom stereocenters. The molecular formula is CaO3. The molecule has 0 aliphatic carbocycles. The fourth-order valence-electron chi connectivity index (χ4n) is 0. The molecule has 0 saturated carbocycles. The summed E-state index contributed by atoms with van der Waals surface area (Å²) < 4.78 is 0. The van der Waals surface area contributed by atoms with Gasteiger partial charge >= 0.3 is 37.7 Å². The first-order valence-electron chi connectivity index (χ1n) is 0.167. The van der Waals surface area contributed by atoms with Crippen molar-refractivity contribution in [2.24, 2.45) is 0 Å². The maximum Gasteiger partial charge on any atom is 2.00 e. The summed E-state index contributed by atoms with van der Waals surface area (Å²) in [4.78, 5) is 0. The molecular weight excluding hydrogens is 88.1 g/mol. The second-order valence-corrected chi connectivity index (χ2v) is 0. The molecule has 0 heterocycles. The second kappa shape index (κ2) is 31.4. The minimum Gasteiger partial charge on any atom is -1.00 e. The first kappa shape index (κ1) is 19.2. The molecule has 0 aromatic rings. The molecule has 4 heteroatoms. The van der Waals surface area contributed by atoms with Crippen molar-refractivity contribution >= 4 is 37.7 Å². The quantitative estimate of drug-likeness (QED) is 0.181. The molecule has 0 spiro atoms. The van der Waals surface area contributed by atoms with Crippen LogP contribution in [0.3, 0.4) is 0 Å². The molecule has 0 bridgehead atoms. The van der Waals surface area contributed by atoms with Gasteiger partial charge in [0.2, 0.25) is 0 Å². The molecule has 0 aromatic heterocycles. The molecule has 20 valence electrons. The van der Waals surface area contributed by atoms with Crippen LogP contribution >= 0.6 is 0 Å². The molecule has 0 saturated heterocycles. The predicted molar refractivity (Wildman–Crippen MR) is 6.44 cm³/mol. The summed E-state index contributed by atoms with van der Waals surface area (Å²) in [5.41, 5.74) is 0. The monoisotopic (exact) mass is 87.9 g/mol. The van der Waals surface area contributed by atoms with Crippen molar-refractivity contribution in [3.8, 4) is 0 Å². The molecule has 0 N–H and O–H groups in total. The van der Waals surface area contributed by atoms with E-state index >= 15 is 0 Å². The Kier molecular flexibility index (Phi) is 151. The fraction of sp³-hybridized carbons (Fsp3) is 0. The molecule has 0 aromatic carbocycles. The third-order valence-electron chi connectivity index (χ3n) is 0. The molecule has 2 radical (unpaired) electrons. The average Bonchev–Trinajstić information content (AvgIpc) is 1.00. The second-order valence-electron chi connectivity index (χ2n) is 0. The van der Waals surface area contributed by atoms with Gasteiger partial charge in [-0.15, -0.1) is 0 Å². The van der Waals surface area contributed by atoms with Crippen molar-refractivity contribution in [3.63, 3.8) is 0 Å². The maximum absolute atomic E-state index is 7.00. The Morgan fingerprint density at radius 3 is 1.00 bits per heavy atom. The summed E-state index contributed by atoms with van der Waals surface area (Å²) >= 11 is 0. The molecule has 0 amide bonds. The van der Waals surface area contributed by atoms with Crippen LogP contribution in [0.2, 0.25) is 0 Å². The number of hydrogen-bond donors (Lipinski definition) is 0. The van der Waals surface area contributed by atoms with Crippen LogP contribution in [0.1, 0.15) is 0 Å². The van der Waals surface area contributed by atoms with E-state index in [9.17, 15) is 0 Å². The Hall–Kier alpha value is 1.14. The Morgan fingerprint density at radius 2 is 1.00 bits per heavy atom. The molecule has 4 heavy (non-hydrogen) atoms. The standard InChI is InChI=1S/Ca.O2.O/c;1-2;/q+2;-2;. The van der Waals surface area contributed by atoms with E-state index in [0.717, 1.165) is 0 Å². The average molecular weight is 88.1 g/mol. The zero-order chi connectivity index (χ0) is 2.00. The van der Waals surface area contributed by atoms with E-state index in [2.05, 4.69) is 0 Å². The van der Waals surface area contributed by atoms with Gasteiger partial charge in [-0.1, -0.05) is 0 Å². The van der Waals surface area contributed by atoms with Crippen LogP contribution in [0.15, 0.2) is 0 Å². The molecule has 3 nitrogen and oxygen atoms in total. The van der Waals surface area contributed by atoms with Crippen LogP contribution in [0.5, 0.6) is 0 Å². The van der Waals surface area contributed by atoms with Gasteiger partial charge in [0, 0.05) is 5.48 Å². The van der Waals surface area contributed by atoms with Gasteiger partial charge in [-0.3, -0.25) is 0 Å². The van der Waals surface area contributed by atoms with Gasteiger partial charge in [-0.25, -0.2) is 0 Å². The van der Waals surface area contributed by atoms with Crippen LogP contribution < -0.4 is 10.5 Å². The van der Waals surface area contributed by atoms with E-state index in [1.807, 2.05) is 0 Å². The molecule has 0 fully saturated rings. The minimum atomic E-state index is 0. The van der Waals surface area contributed by atoms with Crippen molar-refractivity contribution in [2.45, 2.75) is 0 Å². The smallest absolute Gasteiger partial charge is 1.00 e. The van der Waals surface area contributed by atoms with E-state index in [0.29, 0.717) is 0 Å². The minimum absolute atomic E-state index is 0. The topological polar surface area (TPSA) is 74.6 Å². The van der Waals surface area contributed by atoms with Crippen molar-refractivity contribution in [2.75, 3.05) is 0 Å². The summed E-state index contributed by atoms with van der Waals surface area (Å²) in [6.45, 7) is 0. The van der Waals surface area contributed by atoms with Crippen LogP contribution in [-0.4, -0.2) is 37.7 Å². The normalized spacial score (nSPS) is 1.50. The van der Waals surface area contributed by atoms with Crippen LogP contribution in [0.4, 0.5) is 0 Å². The Balaban J connectivity index is -0.00000000500. The third kappa shape index (κ3) is 11.1. The third-order valence-corrected chi connectivity index (χ3v) is 0. The van der Waals surface area contributed by atoms with Gasteiger partial charge < -0.3 is 10.5 Å². The van der Waals surface area contributed by atoms with Crippen LogP contribution in [0, 0.1) is 0 Å². The first-order valence-corrected chi connectivity index (χ1v) is 0.167. The van der Waals surface area contributed by atoms with Crippen molar-refractivity contribution in [1.29, 1.82) is 0 Å². The zero-order valence-electron chi connectivity index (χ0n) is 1.93. The van der Waals surface area contributed by atoms with E-state index in [4.69, 9.17) is 10.5 Å². The van der Waals surface area contributed by atoms with Gasteiger partial charge in [0.1, 0.15) is 0 Å². The molecule has 0 atom stereocenters. The van der Waals surface area contributed by atoms with E-state index in [1.165, 1.54) is 0 Å². The Morgan fingerprint density at radius 1 is 1.00 bits per heavy atom. The molecule has 0 rings (SSSR count). The van der Waals surface area contributed by atoms with Crippen molar-refractivity contribution in [3.05, 3.63) is 0 Å². The number of rotatable bonds is 0. The zero-order valence-corrected chi connectivity index (χ0v) is 4.14. The van der Waals surface area contributed by atoms with Crippen LogP contribution in [0.25, 0.3) is 0 Å². The fourth-order valence-corrected chi connectivity index (χ4v) is 0. The van der Waals surface area contributed by atoms with Gasteiger partial charge in [-0.05, 0) is 0 Å². The number of hydrogen-bond acceptors (Lipinski definition) is 2. The molecule has 0 aliphatic rings. The summed E-state index contributed by atoms with van der Waals surface area (Å²) in [5.74, 6) is 0. The van der Waals surface area contributed by atoms with E-state index in [1.54, 1.807) is 0 Å². The van der Waals surface area contributed by atoms with Gasteiger partial charge in [0.25, 0.3) is 0 Å². The Labute approximate surface area is 53.5 Å². The Bertz CT molecular complexity index is 3.25. The summed E-state index contributed by atoms with van der Waals surface area (Å²) in [6.07, 6.45) is 0. The first-order chi connectivity index (χ1) is 1.00. The van der Waals surface area contributed by atoms with Gasteiger partial charge in [0.05, 0.1) is 0 Å². The van der Waals surface area contributed by atoms with E-state index in [-0.39, 0.29) is 43.2 Å². The summed E-state index contributed by atoms with van der Waals surface area (Å²) in [7, 11) is 0. The summed E-state index contributed by atoms with van der Waals surface area (Å²) in [6, 6.07) is 0. The molecule has 0 aliphatic heterocycles. The van der Waals surface area contributed by atoms with Crippen molar-refractivity contribution in [1.82, 2.24) is 0 Å². The van der Waals surface area contributed by atoms with Gasteiger partial charge in [0.15, 0.2) is 0 Å². The predicted octanol–water partition coefficient (Wildman–Crippen LogP) is -2.88. The maximum atomic E-state index is 7.00. The summed E-state index contributed by atoms with van der Waals surface area (Å²) in [5, 5.41) is 14.0. The largest absolute Gasteiger partial charge is 2.00 e. The van der Waals surface area contributed by atoms with E-state index < -0.39 is 0 Å². The SMILES string of the molecule is [Ca+2].[O-][O-].[O]. The van der Waals surface area contributed by atoms with Crippen LogP contribution in [-0.2, 0) is 5.48 Å².